The molecule has 1 aliphatic rings. The van der Waals surface area contributed by atoms with E-state index in [1.807, 2.05) is 0 Å². The Labute approximate surface area is 242 Å². The summed E-state index contributed by atoms with van der Waals surface area (Å²) in [6.45, 7) is 3.29. The number of hydrogen-bond acceptors (Lipinski definition) is 10. The van der Waals surface area contributed by atoms with Crippen molar-refractivity contribution in [3.8, 4) is 0 Å². The maximum Gasteiger partial charge on any atom is 0.296 e. The summed E-state index contributed by atoms with van der Waals surface area (Å²) in [6, 6.07) is 17.6. The summed E-state index contributed by atoms with van der Waals surface area (Å²) < 4.78 is 67.9. The van der Waals surface area contributed by atoms with Crippen LogP contribution in [0.2, 0.25) is 0 Å². The van der Waals surface area contributed by atoms with Crippen molar-refractivity contribution in [2.75, 3.05) is 10.6 Å². The minimum atomic E-state index is -4.65. The van der Waals surface area contributed by atoms with Crippen molar-refractivity contribution >= 4 is 54.6 Å². The number of hydrogen-bond donors (Lipinski definition) is 6. The van der Waals surface area contributed by atoms with Gasteiger partial charge in [0.05, 0.1) is 33.9 Å². The Morgan fingerprint density at radius 1 is 0.548 bits per heavy atom. The van der Waals surface area contributed by atoms with Crippen molar-refractivity contribution in [2.45, 2.75) is 23.6 Å². The van der Waals surface area contributed by atoms with E-state index in [1.54, 1.807) is 38.1 Å². The van der Waals surface area contributed by atoms with Crippen LogP contribution in [-0.4, -0.2) is 37.5 Å². The van der Waals surface area contributed by atoms with Gasteiger partial charge in [-0.1, -0.05) is 36.4 Å². The summed E-state index contributed by atoms with van der Waals surface area (Å²) in [5.41, 5.74) is 1.33. The molecule has 4 aromatic rings. The minimum absolute atomic E-state index is 0. The fourth-order valence-corrected chi connectivity index (χ4v) is 6.08. The van der Waals surface area contributed by atoms with Gasteiger partial charge in [0.2, 0.25) is 0 Å². The SMILES string of the molecule is Cc1ccc(Nc2ccc(Nc3ccc(C)cc3S(=O)(=O)O)c3c2C(=O)c2ccccc2C3=O)c(S(=O)(=O)O)c1.N.N. The zero-order chi connectivity index (χ0) is 29.0. The molecule has 0 atom stereocenters. The molecule has 0 saturated carbocycles. The molecule has 1 aliphatic carbocycles. The first-order valence-corrected chi connectivity index (χ1v) is 14.7. The van der Waals surface area contributed by atoms with Crippen LogP contribution in [0.1, 0.15) is 43.0 Å². The summed E-state index contributed by atoms with van der Waals surface area (Å²) in [5.74, 6) is -1.06. The van der Waals surface area contributed by atoms with Crippen LogP contribution in [0.5, 0.6) is 0 Å². The van der Waals surface area contributed by atoms with Gasteiger partial charge < -0.3 is 22.9 Å². The monoisotopic (exact) mass is 612 g/mol. The lowest BCUT2D eigenvalue weighted by Gasteiger charge is -2.24. The molecule has 4 aromatic carbocycles. The molecule has 0 unspecified atom stereocenters. The molecule has 0 saturated heterocycles. The van der Waals surface area contributed by atoms with Crippen molar-refractivity contribution < 1.29 is 35.5 Å². The summed E-state index contributed by atoms with van der Waals surface area (Å²) in [7, 11) is -9.30. The Bertz CT molecular complexity index is 1830. The molecule has 0 amide bonds. The molecule has 0 bridgehead atoms. The number of carbonyl (C=O) groups excluding carboxylic acids is 2. The van der Waals surface area contributed by atoms with Crippen LogP contribution >= 0.6 is 0 Å². The zero-order valence-electron chi connectivity index (χ0n) is 22.5. The number of rotatable bonds is 6. The number of anilines is 4. The van der Waals surface area contributed by atoms with Gasteiger partial charge in [-0.3, -0.25) is 18.7 Å². The molecule has 5 rings (SSSR count). The highest BCUT2D eigenvalue weighted by molar-refractivity contribution is 7.86. The number of fused-ring (bicyclic) bond motifs is 2. The maximum atomic E-state index is 13.8. The molecule has 0 heterocycles. The molecule has 0 radical (unpaired) electrons. The highest BCUT2D eigenvalue weighted by Gasteiger charge is 2.34. The first-order valence-electron chi connectivity index (χ1n) is 11.8. The topological polar surface area (TPSA) is 237 Å². The van der Waals surface area contributed by atoms with E-state index in [-0.39, 0.29) is 57.3 Å². The average molecular weight is 613 g/mol. The van der Waals surface area contributed by atoms with Crippen molar-refractivity contribution in [2.24, 2.45) is 0 Å². The van der Waals surface area contributed by atoms with Gasteiger partial charge in [0.15, 0.2) is 11.6 Å². The second kappa shape index (κ2) is 11.4. The molecule has 0 fully saturated rings. The summed E-state index contributed by atoms with van der Waals surface area (Å²) in [6.07, 6.45) is 0. The lowest BCUT2D eigenvalue weighted by Crippen LogP contribution is -2.23. The molecular weight excluding hydrogens is 584 g/mol. The number of benzene rings is 4. The lowest BCUT2D eigenvalue weighted by atomic mass is 9.82. The van der Waals surface area contributed by atoms with E-state index in [4.69, 9.17) is 0 Å². The normalized spacial score (nSPS) is 12.4. The summed E-state index contributed by atoms with van der Waals surface area (Å²) in [4.78, 5) is 26.7. The highest BCUT2D eigenvalue weighted by atomic mass is 32.2. The van der Waals surface area contributed by atoms with E-state index in [0.29, 0.717) is 11.1 Å². The Morgan fingerprint density at radius 2 is 0.881 bits per heavy atom. The standard InChI is InChI=1S/C28H22N2O8S2.2H3N/c1-15-7-9-19(23(13-15)39(33,34)35)29-21-11-12-22(30-20-10-8-16(2)14-24(20)40(36,37)38)26-25(21)27(31)17-5-3-4-6-18(17)28(26)32;;/h3-14,29-30H,1-2H3,(H,33,34,35)(H,36,37,38);2*1H3. The number of ketones is 2. The van der Waals surface area contributed by atoms with E-state index in [0.717, 1.165) is 0 Å². The van der Waals surface area contributed by atoms with Crippen LogP contribution in [0.3, 0.4) is 0 Å². The summed E-state index contributed by atoms with van der Waals surface area (Å²) >= 11 is 0. The number of aryl methyl sites for hydroxylation is 2. The van der Waals surface area contributed by atoms with Gasteiger partial charge in [-0.15, -0.1) is 0 Å². The van der Waals surface area contributed by atoms with Gasteiger partial charge in [0.1, 0.15) is 9.79 Å². The minimum Gasteiger partial charge on any atom is -0.354 e. The number of nitrogens with one attached hydrogen (secondary N) is 2. The Hall–Kier alpha value is -4.44. The van der Waals surface area contributed by atoms with Crippen LogP contribution in [0.4, 0.5) is 22.7 Å². The van der Waals surface area contributed by atoms with Gasteiger partial charge in [0, 0.05) is 11.1 Å². The molecule has 0 spiro atoms. The van der Waals surface area contributed by atoms with Gasteiger partial charge in [-0.25, -0.2) is 0 Å². The second-order valence-electron chi connectivity index (χ2n) is 9.31. The van der Waals surface area contributed by atoms with E-state index >= 15 is 0 Å². The maximum absolute atomic E-state index is 13.8. The lowest BCUT2D eigenvalue weighted by molar-refractivity contribution is 0.0980. The van der Waals surface area contributed by atoms with Gasteiger partial charge in [-0.05, 0) is 61.4 Å². The van der Waals surface area contributed by atoms with E-state index in [9.17, 15) is 35.5 Å². The molecule has 14 heteroatoms. The predicted molar refractivity (Wildman–Crippen MR) is 158 cm³/mol. The third-order valence-corrected chi connectivity index (χ3v) is 8.23. The fourth-order valence-electron chi connectivity index (χ4n) is 4.61. The van der Waals surface area contributed by atoms with Crippen molar-refractivity contribution in [3.63, 3.8) is 0 Å². The third-order valence-electron chi connectivity index (χ3n) is 6.44. The Kier molecular flexibility index (Phi) is 8.74. The van der Waals surface area contributed by atoms with Gasteiger partial charge >= 0.3 is 0 Å². The van der Waals surface area contributed by atoms with E-state index in [1.165, 1.54) is 48.5 Å². The smallest absolute Gasteiger partial charge is 0.296 e. The molecular formula is C28H28N4O8S2. The van der Waals surface area contributed by atoms with Crippen LogP contribution in [0.15, 0.2) is 82.6 Å². The van der Waals surface area contributed by atoms with Gasteiger partial charge in [0.25, 0.3) is 20.2 Å². The quantitative estimate of drug-likeness (QED) is 0.132. The molecule has 10 N–H and O–H groups in total. The average Bonchev–Trinajstić information content (AvgIpc) is 2.88. The van der Waals surface area contributed by atoms with Crippen LogP contribution in [0, 0.1) is 13.8 Å². The first-order chi connectivity index (χ1) is 18.8. The zero-order valence-corrected chi connectivity index (χ0v) is 24.1. The highest BCUT2D eigenvalue weighted by Crippen LogP contribution is 2.40. The molecule has 0 aromatic heterocycles. The Morgan fingerprint density at radius 3 is 1.21 bits per heavy atom. The first kappa shape index (κ1) is 32.1. The largest absolute Gasteiger partial charge is 0.354 e. The van der Waals surface area contributed by atoms with Crippen LogP contribution in [0.25, 0.3) is 0 Å². The fraction of sp³-hybridized carbons (Fsp3) is 0.0714. The second-order valence-corrected chi connectivity index (χ2v) is 12.1. The molecule has 42 heavy (non-hydrogen) atoms. The third kappa shape index (κ3) is 5.80. The van der Waals surface area contributed by atoms with E-state index < -0.39 is 41.6 Å². The molecule has 12 nitrogen and oxygen atoms in total. The Balaban J connectivity index is 0.00000242. The van der Waals surface area contributed by atoms with E-state index in [2.05, 4.69) is 10.6 Å². The molecule has 0 aliphatic heterocycles. The van der Waals surface area contributed by atoms with Crippen molar-refractivity contribution in [1.82, 2.24) is 12.3 Å². The molecule has 220 valence electrons. The van der Waals surface area contributed by atoms with Gasteiger partial charge in [-0.2, -0.15) is 16.8 Å². The van der Waals surface area contributed by atoms with Crippen molar-refractivity contribution in [1.29, 1.82) is 0 Å². The van der Waals surface area contributed by atoms with Crippen LogP contribution < -0.4 is 22.9 Å². The number of carbonyl (C=O) groups is 2. The predicted octanol–water partition coefficient (Wildman–Crippen LogP) is 5.38. The summed E-state index contributed by atoms with van der Waals surface area (Å²) in [5, 5.41) is 5.75. The van der Waals surface area contributed by atoms with Crippen LogP contribution in [-0.2, 0) is 20.2 Å². The van der Waals surface area contributed by atoms with Crippen molar-refractivity contribution in [3.05, 3.63) is 106 Å².